The maximum Gasteiger partial charge on any atom is 0.0216 e. The minimum Gasteiger partial charge on any atom is -0.0985 e. The lowest BCUT2D eigenvalue weighted by Crippen LogP contribution is -1.82. The molecular weight excluding hydrogens is 212 g/mol. The summed E-state index contributed by atoms with van der Waals surface area (Å²) in [5.41, 5.74) is 2.65. The normalized spacial score (nSPS) is 16.1. The van der Waals surface area contributed by atoms with Crippen molar-refractivity contribution in [2.75, 3.05) is 0 Å². The third-order valence-corrected chi connectivity index (χ3v) is 2.96. The summed E-state index contributed by atoms with van der Waals surface area (Å²) in [5.74, 6) is 0.818. The average Bonchev–Trinajstić information content (AvgIpc) is 2.87. The predicted molar refractivity (Wildman–Crippen MR) is 56.2 cm³/mol. The van der Waals surface area contributed by atoms with Gasteiger partial charge >= 0.3 is 0 Å². The summed E-state index contributed by atoms with van der Waals surface area (Å²) in [5, 5.41) is 0. The first-order chi connectivity index (χ1) is 5.81. The molecule has 0 bridgehead atoms. The monoisotopic (exact) mass is 222 g/mol. The Kier molecular flexibility index (Phi) is 2.05. The van der Waals surface area contributed by atoms with Crippen molar-refractivity contribution < 1.29 is 0 Å². The molecule has 1 aliphatic carbocycles. The first-order valence-corrected chi connectivity index (χ1v) is 5.02. The third kappa shape index (κ3) is 1.46. The van der Waals surface area contributed by atoms with E-state index in [9.17, 15) is 0 Å². The van der Waals surface area contributed by atoms with Crippen LogP contribution in [0.1, 0.15) is 29.9 Å². The third-order valence-electron chi connectivity index (χ3n) is 2.28. The highest BCUT2D eigenvalue weighted by molar-refractivity contribution is 9.10. The van der Waals surface area contributed by atoms with Crippen LogP contribution in [0.5, 0.6) is 0 Å². The standard InChI is InChI=1S/C11H11Br/c1-2-8-3-6-10(9-4-5-9)11(12)7-8/h2-3,6-7,9H,1,4-5H2. The molecule has 0 aliphatic heterocycles. The van der Waals surface area contributed by atoms with E-state index < -0.39 is 0 Å². The van der Waals surface area contributed by atoms with Crippen molar-refractivity contribution in [1.29, 1.82) is 0 Å². The molecule has 1 heteroatoms. The van der Waals surface area contributed by atoms with E-state index >= 15 is 0 Å². The Hall–Kier alpha value is -0.560. The van der Waals surface area contributed by atoms with E-state index in [-0.39, 0.29) is 0 Å². The molecule has 1 aromatic rings. The molecule has 0 nitrogen and oxygen atoms in total. The van der Waals surface area contributed by atoms with E-state index in [0.29, 0.717) is 0 Å². The molecule has 0 unspecified atom stereocenters. The summed E-state index contributed by atoms with van der Waals surface area (Å²) in [7, 11) is 0. The van der Waals surface area contributed by atoms with Crippen LogP contribution in [0.2, 0.25) is 0 Å². The average molecular weight is 223 g/mol. The van der Waals surface area contributed by atoms with Gasteiger partial charge in [0, 0.05) is 4.47 Å². The van der Waals surface area contributed by atoms with Crippen LogP contribution in [0.15, 0.2) is 29.3 Å². The zero-order valence-electron chi connectivity index (χ0n) is 6.89. The Labute approximate surface area is 81.4 Å². The number of hydrogen-bond acceptors (Lipinski definition) is 0. The minimum absolute atomic E-state index is 0.818. The molecule has 1 aromatic carbocycles. The Morgan fingerprint density at radius 1 is 1.42 bits per heavy atom. The molecule has 0 atom stereocenters. The van der Waals surface area contributed by atoms with Gasteiger partial charge < -0.3 is 0 Å². The predicted octanol–water partition coefficient (Wildman–Crippen LogP) is 3.97. The SMILES string of the molecule is C=Cc1ccc(C2CC2)c(Br)c1. The lowest BCUT2D eigenvalue weighted by Gasteiger charge is -2.02. The van der Waals surface area contributed by atoms with Gasteiger partial charge in [0.15, 0.2) is 0 Å². The minimum atomic E-state index is 0.818. The van der Waals surface area contributed by atoms with Crippen LogP contribution in [-0.4, -0.2) is 0 Å². The van der Waals surface area contributed by atoms with Gasteiger partial charge in [0.2, 0.25) is 0 Å². The van der Waals surface area contributed by atoms with E-state index in [1.165, 1.54) is 28.4 Å². The fourth-order valence-electron chi connectivity index (χ4n) is 1.40. The molecule has 0 aromatic heterocycles. The van der Waals surface area contributed by atoms with Gasteiger partial charge in [-0.15, -0.1) is 0 Å². The fourth-order valence-corrected chi connectivity index (χ4v) is 2.12. The van der Waals surface area contributed by atoms with Crippen molar-refractivity contribution >= 4 is 22.0 Å². The second-order valence-corrected chi connectivity index (χ2v) is 4.11. The molecule has 0 radical (unpaired) electrons. The van der Waals surface area contributed by atoms with Gasteiger partial charge in [-0.3, -0.25) is 0 Å². The van der Waals surface area contributed by atoms with E-state index in [2.05, 4.69) is 40.7 Å². The van der Waals surface area contributed by atoms with E-state index in [0.717, 1.165) is 5.92 Å². The van der Waals surface area contributed by atoms with Gasteiger partial charge in [-0.05, 0) is 36.0 Å². The van der Waals surface area contributed by atoms with Crippen molar-refractivity contribution in [3.8, 4) is 0 Å². The van der Waals surface area contributed by atoms with Crippen LogP contribution >= 0.6 is 15.9 Å². The zero-order chi connectivity index (χ0) is 8.55. The number of rotatable bonds is 2. The topological polar surface area (TPSA) is 0 Å². The Bertz CT molecular complexity index is 311. The second-order valence-electron chi connectivity index (χ2n) is 3.26. The van der Waals surface area contributed by atoms with Gasteiger partial charge in [-0.1, -0.05) is 40.7 Å². The molecule has 1 fully saturated rings. The molecule has 0 spiro atoms. The van der Waals surface area contributed by atoms with Crippen LogP contribution < -0.4 is 0 Å². The van der Waals surface area contributed by atoms with Crippen LogP contribution in [0.25, 0.3) is 6.08 Å². The summed E-state index contributed by atoms with van der Waals surface area (Å²) in [6, 6.07) is 6.48. The molecule has 2 rings (SSSR count). The van der Waals surface area contributed by atoms with E-state index in [1.54, 1.807) is 0 Å². The number of hydrogen-bond donors (Lipinski definition) is 0. The molecule has 0 saturated heterocycles. The summed E-state index contributed by atoms with van der Waals surface area (Å²) >= 11 is 3.58. The largest absolute Gasteiger partial charge is 0.0985 e. The summed E-state index contributed by atoms with van der Waals surface area (Å²) in [6.45, 7) is 3.74. The summed E-state index contributed by atoms with van der Waals surface area (Å²) < 4.78 is 1.24. The quantitative estimate of drug-likeness (QED) is 0.711. The highest BCUT2D eigenvalue weighted by Crippen LogP contribution is 2.43. The molecule has 1 aliphatic rings. The van der Waals surface area contributed by atoms with Crippen molar-refractivity contribution in [3.05, 3.63) is 40.4 Å². The van der Waals surface area contributed by atoms with Crippen LogP contribution in [-0.2, 0) is 0 Å². The zero-order valence-corrected chi connectivity index (χ0v) is 8.47. The maximum atomic E-state index is 3.74. The molecule has 0 N–H and O–H groups in total. The maximum absolute atomic E-state index is 3.74. The van der Waals surface area contributed by atoms with Gasteiger partial charge in [0.05, 0.1) is 0 Å². The van der Waals surface area contributed by atoms with Crippen LogP contribution in [0, 0.1) is 0 Å². The van der Waals surface area contributed by atoms with Crippen molar-refractivity contribution in [3.63, 3.8) is 0 Å². The highest BCUT2D eigenvalue weighted by atomic mass is 79.9. The Balaban J connectivity index is 2.38. The molecular formula is C11H11Br. The molecule has 1 saturated carbocycles. The van der Waals surface area contributed by atoms with Crippen molar-refractivity contribution in [1.82, 2.24) is 0 Å². The van der Waals surface area contributed by atoms with Crippen molar-refractivity contribution in [2.24, 2.45) is 0 Å². The first kappa shape index (κ1) is 8.06. The summed E-state index contributed by atoms with van der Waals surface area (Å²) in [4.78, 5) is 0. The number of halogens is 1. The van der Waals surface area contributed by atoms with Crippen molar-refractivity contribution in [2.45, 2.75) is 18.8 Å². The smallest absolute Gasteiger partial charge is 0.0216 e. The summed E-state index contributed by atoms with van der Waals surface area (Å²) in [6.07, 6.45) is 4.58. The van der Waals surface area contributed by atoms with Crippen LogP contribution in [0.4, 0.5) is 0 Å². The van der Waals surface area contributed by atoms with Gasteiger partial charge in [-0.25, -0.2) is 0 Å². The van der Waals surface area contributed by atoms with E-state index in [1.807, 2.05) is 6.08 Å². The fraction of sp³-hybridized carbons (Fsp3) is 0.273. The molecule has 0 heterocycles. The Morgan fingerprint density at radius 3 is 2.67 bits per heavy atom. The highest BCUT2D eigenvalue weighted by Gasteiger charge is 2.25. The lowest BCUT2D eigenvalue weighted by molar-refractivity contribution is 1.12. The number of benzene rings is 1. The van der Waals surface area contributed by atoms with Gasteiger partial charge in [-0.2, -0.15) is 0 Å². The van der Waals surface area contributed by atoms with E-state index in [4.69, 9.17) is 0 Å². The van der Waals surface area contributed by atoms with Crippen LogP contribution in [0.3, 0.4) is 0 Å². The second kappa shape index (κ2) is 3.06. The van der Waals surface area contributed by atoms with Gasteiger partial charge in [0.1, 0.15) is 0 Å². The first-order valence-electron chi connectivity index (χ1n) is 4.23. The Morgan fingerprint density at radius 2 is 2.17 bits per heavy atom. The molecule has 12 heavy (non-hydrogen) atoms. The molecule has 62 valence electrons. The van der Waals surface area contributed by atoms with Gasteiger partial charge in [0.25, 0.3) is 0 Å². The molecule has 0 amide bonds. The lowest BCUT2D eigenvalue weighted by atomic mass is 10.1.